The van der Waals surface area contributed by atoms with Crippen LogP contribution in [-0.4, -0.2) is 24.1 Å². The average molecular weight is 208 g/mol. The maximum atomic E-state index is 11.3. The van der Waals surface area contributed by atoms with Crippen molar-refractivity contribution in [2.45, 2.75) is 13.3 Å². The zero-order chi connectivity index (χ0) is 11.1. The van der Waals surface area contributed by atoms with Crippen LogP contribution in [0.1, 0.15) is 12.1 Å². The van der Waals surface area contributed by atoms with Crippen molar-refractivity contribution in [1.29, 1.82) is 0 Å². The lowest BCUT2D eigenvalue weighted by atomic mass is 10.4. The third-order valence-corrected chi connectivity index (χ3v) is 1.80. The molecule has 0 spiro atoms. The number of amides is 2. The van der Waals surface area contributed by atoms with Crippen LogP contribution in [-0.2, 0) is 0 Å². The van der Waals surface area contributed by atoms with Gasteiger partial charge in [0.2, 0.25) is 0 Å². The van der Waals surface area contributed by atoms with E-state index in [0.29, 0.717) is 18.9 Å². The van der Waals surface area contributed by atoms with Gasteiger partial charge in [0.15, 0.2) is 0 Å². The minimum Gasteiger partial charge on any atom is -0.338 e. The van der Waals surface area contributed by atoms with E-state index < -0.39 is 0 Å². The summed E-state index contributed by atoms with van der Waals surface area (Å²) in [7, 11) is 0. The van der Waals surface area contributed by atoms with Crippen LogP contribution in [0.3, 0.4) is 0 Å². The van der Waals surface area contributed by atoms with E-state index in [4.69, 9.17) is 5.73 Å². The number of rotatable bonds is 4. The van der Waals surface area contributed by atoms with Crippen molar-refractivity contribution in [3.63, 3.8) is 0 Å². The number of nitrogens with zero attached hydrogens (tertiary/aromatic N) is 1. The monoisotopic (exact) mass is 208 g/mol. The van der Waals surface area contributed by atoms with Crippen molar-refractivity contribution in [1.82, 2.24) is 10.3 Å². The molecule has 0 bridgehead atoms. The Morgan fingerprint density at radius 2 is 2.33 bits per heavy atom. The normalized spacial score (nSPS) is 9.73. The Morgan fingerprint density at radius 3 is 3.00 bits per heavy atom. The molecule has 0 saturated carbocycles. The van der Waals surface area contributed by atoms with Crippen LogP contribution in [0.4, 0.5) is 10.6 Å². The highest BCUT2D eigenvalue weighted by atomic mass is 16.2. The molecule has 4 N–H and O–H groups in total. The van der Waals surface area contributed by atoms with Gasteiger partial charge in [0.25, 0.3) is 0 Å². The molecule has 0 saturated heterocycles. The summed E-state index contributed by atoms with van der Waals surface area (Å²) < 4.78 is 0. The maximum absolute atomic E-state index is 11.3. The molecule has 0 atom stereocenters. The molecule has 0 aliphatic heterocycles. The van der Waals surface area contributed by atoms with Crippen LogP contribution in [0.2, 0.25) is 0 Å². The van der Waals surface area contributed by atoms with Crippen molar-refractivity contribution < 1.29 is 4.79 Å². The number of carbonyl (C=O) groups excluding carboxylic acids is 1. The third kappa shape index (κ3) is 4.42. The van der Waals surface area contributed by atoms with Gasteiger partial charge in [-0.1, -0.05) is 6.07 Å². The molecular weight excluding hydrogens is 192 g/mol. The van der Waals surface area contributed by atoms with Gasteiger partial charge < -0.3 is 11.1 Å². The number of aromatic nitrogens is 1. The molecule has 1 heterocycles. The van der Waals surface area contributed by atoms with Crippen LogP contribution in [0.25, 0.3) is 0 Å². The molecule has 0 aromatic carbocycles. The van der Waals surface area contributed by atoms with Crippen LogP contribution < -0.4 is 16.4 Å². The van der Waals surface area contributed by atoms with Gasteiger partial charge in [-0.05, 0) is 32.0 Å². The summed E-state index contributed by atoms with van der Waals surface area (Å²) in [5.41, 5.74) is 6.17. The predicted octanol–water partition coefficient (Wildman–Crippen LogP) is 0.860. The molecule has 0 radical (unpaired) electrons. The van der Waals surface area contributed by atoms with E-state index in [1.165, 1.54) is 0 Å². The van der Waals surface area contributed by atoms with Gasteiger partial charge in [-0.15, -0.1) is 0 Å². The van der Waals surface area contributed by atoms with Crippen molar-refractivity contribution in [2.75, 3.05) is 18.4 Å². The highest BCUT2D eigenvalue weighted by molar-refractivity contribution is 5.88. The fraction of sp³-hybridized carbons (Fsp3) is 0.400. The molecule has 0 aliphatic carbocycles. The number of nitrogens with two attached hydrogens (primary N) is 1. The molecular formula is C10H16N4O. The van der Waals surface area contributed by atoms with E-state index in [1.807, 2.05) is 19.1 Å². The van der Waals surface area contributed by atoms with Crippen molar-refractivity contribution in [2.24, 2.45) is 5.73 Å². The number of aryl methyl sites for hydroxylation is 1. The van der Waals surface area contributed by atoms with E-state index in [-0.39, 0.29) is 6.03 Å². The van der Waals surface area contributed by atoms with Gasteiger partial charge in [-0.25, -0.2) is 9.78 Å². The number of carbonyl (C=O) groups is 1. The first-order chi connectivity index (χ1) is 7.22. The molecule has 2 amide bonds. The van der Waals surface area contributed by atoms with Gasteiger partial charge in [0, 0.05) is 12.2 Å². The Morgan fingerprint density at radius 1 is 1.53 bits per heavy atom. The first-order valence-electron chi connectivity index (χ1n) is 4.91. The maximum Gasteiger partial charge on any atom is 0.320 e. The van der Waals surface area contributed by atoms with Crippen molar-refractivity contribution >= 4 is 11.8 Å². The lowest BCUT2D eigenvalue weighted by Gasteiger charge is -2.06. The Kier molecular flexibility index (Phi) is 4.56. The molecule has 1 rings (SSSR count). The standard InChI is InChI=1S/C10H16N4O/c1-8-4-2-5-9(13-8)14-10(15)12-7-3-6-11/h2,4-5H,3,6-7,11H2,1H3,(H2,12,13,14,15). The first kappa shape index (κ1) is 11.5. The molecule has 0 aliphatic rings. The quantitative estimate of drug-likeness (QED) is 0.642. The van der Waals surface area contributed by atoms with Gasteiger partial charge in [0.05, 0.1) is 0 Å². The van der Waals surface area contributed by atoms with Gasteiger partial charge in [-0.3, -0.25) is 5.32 Å². The first-order valence-corrected chi connectivity index (χ1v) is 4.91. The Labute approximate surface area is 89.1 Å². The fourth-order valence-electron chi connectivity index (χ4n) is 1.08. The number of hydrogen-bond acceptors (Lipinski definition) is 3. The minimum absolute atomic E-state index is 0.249. The number of pyridine rings is 1. The molecule has 15 heavy (non-hydrogen) atoms. The van der Waals surface area contributed by atoms with Gasteiger partial charge in [-0.2, -0.15) is 0 Å². The molecule has 0 unspecified atom stereocenters. The van der Waals surface area contributed by atoms with Gasteiger partial charge in [0.1, 0.15) is 5.82 Å². The largest absolute Gasteiger partial charge is 0.338 e. The number of hydrogen-bond donors (Lipinski definition) is 3. The average Bonchev–Trinajstić information content (AvgIpc) is 2.18. The Balaban J connectivity index is 2.37. The van der Waals surface area contributed by atoms with E-state index >= 15 is 0 Å². The summed E-state index contributed by atoms with van der Waals surface area (Å²) >= 11 is 0. The molecule has 5 nitrogen and oxygen atoms in total. The lowest BCUT2D eigenvalue weighted by molar-refractivity contribution is 0.252. The second-order valence-corrected chi connectivity index (χ2v) is 3.19. The van der Waals surface area contributed by atoms with Crippen molar-refractivity contribution in [3.05, 3.63) is 23.9 Å². The zero-order valence-electron chi connectivity index (χ0n) is 8.79. The van der Waals surface area contributed by atoms with E-state index in [2.05, 4.69) is 15.6 Å². The molecule has 1 aromatic heterocycles. The summed E-state index contributed by atoms with van der Waals surface area (Å²) in [5, 5.41) is 5.32. The fourth-order valence-corrected chi connectivity index (χ4v) is 1.08. The lowest BCUT2D eigenvalue weighted by Crippen LogP contribution is -2.30. The number of nitrogens with one attached hydrogen (secondary N) is 2. The summed E-state index contributed by atoms with van der Waals surface area (Å²) in [6.45, 7) is 3.02. The number of urea groups is 1. The summed E-state index contributed by atoms with van der Waals surface area (Å²) in [6.07, 6.45) is 0.772. The van der Waals surface area contributed by atoms with Crippen LogP contribution in [0.5, 0.6) is 0 Å². The zero-order valence-corrected chi connectivity index (χ0v) is 8.79. The van der Waals surface area contributed by atoms with E-state index in [1.54, 1.807) is 6.07 Å². The van der Waals surface area contributed by atoms with Crippen molar-refractivity contribution in [3.8, 4) is 0 Å². The van der Waals surface area contributed by atoms with Crippen LogP contribution >= 0.6 is 0 Å². The van der Waals surface area contributed by atoms with Crippen LogP contribution in [0.15, 0.2) is 18.2 Å². The summed E-state index contributed by atoms with van der Waals surface area (Å²) in [5.74, 6) is 0.556. The van der Waals surface area contributed by atoms with Gasteiger partial charge >= 0.3 is 6.03 Å². The smallest absolute Gasteiger partial charge is 0.320 e. The second-order valence-electron chi connectivity index (χ2n) is 3.19. The minimum atomic E-state index is -0.249. The molecule has 5 heteroatoms. The SMILES string of the molecule is Cc1cccc(NC(=O)NCCCN)n1. The number of anilines is 1. The second kappa shape index (κ2) is 5.98. The highest BCUT2D eigenvalue weighted by Crippen LogP contribution is 2.02. The Hall–Kier alpha value is -1.62. The molecule has 1 aromatic rings. The van der Waals surface area contributed by atoms with Crippen LogP contribution in [0, 0.1) is 6.92 Å². The summed E-state index contributed by atoms with van der Waals surface area (Å²) in [6, 6.07) is 5.21. The molecule has 0 fully saturated rings. The predicted molar refractivity (Wildman–Crippen MR) is 59.7 cm³/mol. The van der Waals surface area contributed by atoms with E-state index in [0.717, 1.165) is 12.1 Å². The van der Waals surface area contributed by atoms with E-state index in [9.17, 15) is 4.79 Å². The third-order valence-electron chi connectivity index (χ3n) is 1.80. The molecule has 82 valence electrons. The summed E-state index contributed by atoms with van der Waals surface area (Å²) in [4.78, 5) is 15.4. The topological polar surface area (TPSA) is 80.0 Å². The highest BCUT2D eigenvalue weighted by Gasteiger charge is 2.00. The Bertz CT molecular complexity index is 327.